The maximum Gasteiger partial charge on any atom is 0.0640 e. The lowest BCUT2D eigenvalue weighted by molar-refractivity contribution is 0.163. The van der Waals surface area contributed by atoms with Gasteiger partial charge in [0.05, 0.1) is 10.0 Å². The summed E-state index contributed by atoms with van der Waals surface area (Å²) in [6.07, 6.45) is 3.58. The fraction of sp³-hybridized carbons (Fsp3) is 0.600. The molecule has 1 aromatic rings. The van der Waals surface area contributed by atoms with E-state index < -0.39 is 0 Å². The van der Waals surface area contributed by atoms with E-state index in [1.54, 1.807) is 0 Å². The molecule has 1 aliphatic rings. The van der Waals surface area contributed by atoms with Crippen LogP contribution >= 0.6 is 48.0 Å². The Kier molecular flexibility index (Phi) is 11.1. The summed E-state index contributed by atoms with van der Waals surface area (Å²) in [5.41, 5.74) is 1.18. The molecule has 0 unspecified atom stereocenters. The summed E-state index contributed by atoms with van der Waals surface area (Å²) in [5, 5.41) is 4.79. The average molecular weight is 374 g/mol. The molecular weight excluding hydrogens is 350 g/mol. The van der Waals surface area contributed by atoms with Crippen LogP contribution in [-0.4, -0.2) is 31.1 Å². The smallest absolute Gasteiger partial charge is 0.0640 e. The van der Waals surface area contributed by atoms with Gasteiger partial charge in [0.1, 0.15) is 0 Å². The fourth-order valence-corrected chi connectivity index (χ4v) is 3.14. The highest BCUT2D eigenvalue weighted by molar-refractivity contribution is 6.42. The lowest BCUT2D eigenvalue weighted by atomic mass is 9.98. The van der Waals surface area contributed by atoms with Crippen LogP contribution in [0.2, 0.25) is 10.0 Å². The summed E-state index contributed by atoms with van der Waals surface area (Å²) in [6.45, 7) is 6.50. The Morgan fingerprint density at radius 2 is 1.86 bits per heavy atom. The molecule has 21 heavy (non-hydrogen) atoms. The van der Waals surface area contributed by atoms with Gasteiger partial charge in [-0.1, -0.05) is 55.1 Å². The number of hydrogen-bond acceptors (Lipinski definition) is 2. The Labute approximate surface area is 150 Å². The van der Waals surface area contributed by atoms with Crippen molar-refractivity contribution in [3.8, 4) is 0 Å². The van der Waals surface area contributed by atoms with Crippen molar-refractivity contribution >= 4 is 48.0 Å². The first-order valence-electron chi connectivity index (χ1n) is 7.12. The van der Waals surface area contributed by atoms with Crippen LogP contribution in [0, 0.1) is 0 Å². The Hall–Kier alpha value is 0.300. The number of halogens is 4. The minimum Gasteiger partial charge on any atom is -0.314 e. The van der Waals surface area contributed by atoms with Crippen molar-refractivity contribution in [1.29, 1.82) is 0 Å². The number of nitrogens with zero attached hydrogens (tertiary/aromatic N) is 1. The van der Waals surface area contributed by atoms with Gasteiger partial charge in [0.2, 0.25) is 0 Å². The first-order valence-corrected chi connectivity index (χ1v) is 7.88. The zero-order valence-corrected chi connectivity index (χ0v) is 15.4. The predicted molar refractivity (Wildman–Crippen MR) is 97.7 cm³/mol. The topological polar surface area (TPSA) is 15.3 Å². The summed E-state index contributed by atoms with van der Waals surface area (Å²) in [4.78, 5) is 2.53. The molecule has 1 aliphatic heterocycles. The summed E-state index contributed by atoms with van der Waals surface area (Å²) < 4.78 is 0. The van der Waals surface area contributed by atoms with E-state index in [0.717, 1.165) is 37.6 Å². The third kappa shape index (κ3) is 5.78. The molecule has 0 bridgehead atoms. The van der Waals surface area contributed by atoms with Gasteiger partial charge in [-0.15, -0.1) is 24.8 Å². The van der Waals surface area contributed by atoms with Crippen LogP contribution in [0.5, 0.6) is 0 Å². The minimum absolute atomic E-state index is 0. The largest absolute Gasteiger partial charge is 0.314 e. The molecule has 0 radical (unpaired) electrons. The average Bonchev–Trinajstić information content (AvgIpc) is 2.45. The van der Waals surface area contributed by atoms with Gasteiger partial charge in [0.25, 0.3) is 0 Å². The summed E-state index contributed by atoms with van der Waals surface area (Å²) in [6, 6.07) is 6.39. The second kappa shape index (κ2) is 10.9. The third-order valence-electron chi connectivity index (χ3n) is 3.76. The lowest BCUT2D eigenvalue weighted by Gasteiger charge is -2.35. The van der Waals surface area contributed by atoms with Crippen LogP contribution in [0.3, 0.4) is 0 Å². The van der Waals surface area contributed by atoms with Crippen molar-refractivity contribution in [3.05, 3.63) is 33.8 Å². The molecule has 6 heteroatoms. The van der Waals surface area contributed by atoms with Crippen molar-refractivity contribution in [2.24, 2.45) is 0 Å². The Morgan fingerprint density at radius 3 is 2.48 bits per heavy atom. The van der Waals surface area contributed by atoms with Crippen LogP contribution in [0.4, 0.5) is 0 Å². The monoisotopic (exact) mass is 372 g/mol. The number of rotatable bonds is 5. The zero-order chi connectivity index (χ0) is 13.7. The normalized spacial score (nSPS) is 16.7. The molecule has 2 nitrogen and oxygen atoms in total. The maximum atomic E-state index is 6.41. The van der Waals surface area contributed by atoms with Gasteiger partial charge in [-0.3, -0.25) is 4.90 Å². The van der Waals surface area contributed by atoms with Crippen molar-refractivity contribution in [3.63, 3.8) is 0 Å². The highest BCUT2D eigenvalue weighted by Crippen LogP contribution is 2.35. The first-order chi connectivity index (χ1) is 9.24. The SMILES string of the molecule is CCCC[C@@H](c1cccc(Cl)c1Cl)N1CCNCC1.Cl.Cl. The number of hydrogen-bond donors (Lipinski definition) is 1. The molecular formula is C15H24Cl4N2. The lowest BCUT2D eigenvalue weighted by Crippen LogP contribution is -2.45. The van der Waals surface area contributed by atoms with E-state index in [1.807, 2.05) is 12.1 Å². The second-order valence-corrected chi connectivity index (χ2v) is 5.87. The highest BCUT2D eigenvalue weighted by Gasteiger charge is 2.24. The molecule has 1 fully saturated rings. The number of nitrogens with one attached hydrogen (secondary N) is 1. The van der Waals surface area contributed by atoms with Gasteiger partial charge >= 0.3 is 0 Å². The van der Waals surface area contributed by atoms with Crippen molar-refractivity contribution in [2.45, 2.75) is 32.2 Å². The number of unbranched alkanes of at least 4 members (excludes halogenated alkanes) is 1. The molecule has 122 valence electrons. The van der Waals surface area contributed by atoms with E-state index >= 15 is 0 Å². The van der Waals surface area contributed by atoms with Gasteiger partial charge in [-0.25, -0.2) is 0 Å². The number of piperazine rings is 1. The Bertz CT molecular complexity index is 409. The van der Waals surface area contributed by atoms with E-state index in [1.165, 1.54) is 18.4 Å². The summed E-state index contributed by atoms with van der Waals surface area (Å²) >= 11 is 12.6. The molecule has 1 aromatic carbocycles. The van der Waals surface area contributed by atoms with E-state index in [4.69, 9.17) is 23.2 Å². The summed E-state index contributed by atoms with van der Waals surface area (Å²) in [7, 11) is 0. The quantitative estimate of drug-likeness (QED) is 0.783. The molecule has 0 saturated carbocycles. The van der Waals surface area contributed by atoms with Gasteiger partial charge in [0.15, 0.2) is 0 Å². The number of benzene rings is 1. The molecule has 0 spiro atoms. The third-order valence-corrected chi connectivity index (χ3v) is 4.60. The molecule has 1 N–H and O–H groups in total. The standard InChI is InChI=1S/C15H22Cl2N2.2ClH/c1-2-3-7-14(19-10-8-18-9-11-19)12-5-4-6-13(16)15(12)17;;/h4-6,14,18H,2-3,7-11H2,1H3;2*1H/t14-;;/m0../s1. The first kappa shape index (κ1) is 21.3. The fourth-order valence-electron chi connectivity index (χ4n) is 2.70. The van der Waals surface area contributed by atoms with Gasteiger partial charge in [-0.2, -0.15) is 0 Å². The van der Waals surface area contributed by atoms with Crippen molar-refractivity contribution in [2.75, 3.05) is 26.2 Å². The van der Waals surface area contributed by atoms with Crippen LogP contribution in [0.15, 0.2) is 18.2 Å². The summed E-state index contributed by atoms with van der Waals surface area (Å²) in [5.74, 6) is 0. The predicted octanol–water partition coefficient (Wildman–Crippen LogP) is 4.97. The second-order valence-electron chi connectivity index (χ2n) is 5.09. The van der Waals surface area contributed by atoms with Gasteiger partial charge in [0, 0.05) is 32.2 Å². The van der Waals surface area contributed by atoms with Crippen LogP contribution < -0.4 is 5.32 Å². The van der Waals surface area contributed by atoms with E-state index in [0.29, 0.717) is 11.1 Å². The van der Waals surface area contributed by atoms with Crippen LogP contribution in [0.25, 0.3) is 0 Å². The van der Waals surface area contributed by atoms with Crippen molar-refractivity contribution < 1.29 is 0 Å². The van der Waals surface area contributed by atoms with E-state index in [9.17, 15) is 0 Å². The maximum absolute atomic E-state index is 6.41. The van der Waals surface area contributed by atoms with Gasteiger partial charge in [-0.05, 0) is 18.1 Å². The molecule has 0 amide bonds. The molecule has 2 rings (SSSR count). The van der Waals surface area contributed by atoms with Crippen LogP contribution in [-0.2, 0) is 0 Å². The van der Waals surface area contributed by atoms with E-state index in [-0.39, 0.29) is 24.8 Å². The van der Waals surface area contributed by atoms with Crippen LogP contribution in [0.1, 0.15) is 37.8 Å². The Balaban J connectivity index is 0.00000200. The molecule has 1 atom stereocenters. The minimum atomic E-state index is 0. The Morgan fingerprint density at radius 1 is 1.19 bits per heavy atom. The molecule has 1 heterocycles. The van der Waals surface area contributed by atoms with Crippen molar-refractivity contribution in [1.82, 2.24) is 10.2 Å². The molecule has 0 aliphatic carbocycles. The molecule has 1 saturated heterocycles. The van der Waals surface area contributed by atoms with E-state index in [2.05, 4.69) is 23.2 Å². The molecule has 0 aromatic heterocycles. The van der Waals surface area contributed by atoms with Gasteiger partial charge < -0.3 is 5.32 Å². The highest BCUT2D eigenvalue weighted by atomic mass is 35.5. The zero-order valence-electron chi connectivity index (χ0n) is 12.3.